The topological polar surface area (TPSA) is 80.3 Å². The molecule has 0 bridgehead atoms. The van der Waals surface area contributed by atoms with Crippen molar-refractivity contribution in [1.29, 1.82) is 0 Å². The van der Waals surface area contributed by atoms with Crippen molar-refractivity contribution in [2.45, 2.75) is 20.0 Å². The Morgan fingerprint density at radius 2 is 1.58 bits per heavy atom. The van der Waals surface area contributed by atoms with E-state index in [-0.39, 0.29) is 24.8 Å². The maximum Gasteiger partial charge on any atom is 0.259 e. The first-order valence-corrected chi connectivity index (χ1v) is 11.3. The number of hydrogen-bond acceptors (Lipinski definition) is 5. The van der Waals surface area contributed by atoms with Gasteiger partial charge in [0, 0.05) is 16.8 Å². The highest BCUT2D eigenvalue weighted by Crippen LogP contribution is 2.22. The van der Waals surface area contributed by atoms with Gasteiger partial charge in [-0.25, -0.2) is 4.98 Å². The summed E-state index contributed by atoms with van der Waals surface area (Å²) in [6.45, 7) is 2.20. The average molecular weight is 458 g/mol. The standard InChI is InChI=1S/C26H23N3O3S/c1-18-11-13-20(14-12-18)27-24(30)15-25-28-21(17-33-25)16-32-23-10-6-5-9-22(23)26(31)29-19-7-3-2-4-8-19/h2-14,17H,15-16H2,1H3,(H,27,30)(H,29,31). The molecular weight excluding hydrogens is 434 g/mol. The molecule has 0 unspecified atom stereocenters. The predicted octanol–water partition coefficient (Wildman–Crippen LogP) is 5.46. The summed E-state index contributed by atoms with van der Waals surface area (Å²) in [6, 6.07) is 24.0. The van der Waals surface area contributed by atoms with E-state index in [0.717, 1.165) is 11.3 Å². The fourth-order valence-corrected chi connectivity index (χ4v) is 3.90. The molecule has 1 heterocycles. The Kier molecular flexibility index (Phi) is 7.12. The van der Waals surface area contributed by atoms with Crippen LogP contribution in [0.1, 0.15) is 26.6 Å². The maximum absolute atomic E-state index is 12.7. The number of thiazole rings is 1. The number of aromatic nitrogens is 1. The van der Waals surface area contributed by atoms with Gasteiger partial charge in [-0.1, -0.05) is 48.0 Å². The quantitative estimate of drug-likeness (QED) is 0.368. The summed E-state index contributed by atoms with van der Waals surface area (Å²) >= 11 is 1.41. The first-order chi connectivity index (χ1) is 16.1. The molecule has 33 heavy (non-hydrogen) atoms. The first-order valence-electron chi connectivity index (χ1n) is 10.4. The smallest absolute Gasteiger partial charge is 0.259 e. The normalized spacial score (nSPS) is 10.5. The summed E-state index contributed by atoms with van der Waals surface area (Å²) in [5.41, 5.74) is 3.75. The highest BCUT2D eigenvalue weighted by molar-refractivity contribution is 7.09. The lowest BCUT2D eigenvalue weighted by molar-refractivity contribution is -0.115. The van der Waals surface area contributed by atoms with Gasteiger partial charge in [0.1, 0.15) is 17.4 Å². The largest absolute Gasteiger partial charge is 0.486 e. The number of aryl methyl sites for hydroxylation is 1. The monoisotopic (exact) mass is 457 g/mol. The Labute approximate surface area is 196 Å². The van der Waals surface area contributed by atoms with Crippen LogP contribution in [0.15, 0.2) is 84.2 Å². The third-order valence-electron chi connectivity index (χ3n) is 4.79. The summed E-state index contributed by atoms with van der Waals surface area (Å²) in [5, 5.41) is 8.31. The molecule has 0 aliphatic rings. The van der Waals surface area contributed by atoms with Crippen LogP contribution in [0.4, 0.5) is 11.4 Å². The summed E-state index contributed by atoms with van der Waals surface area (Å²) < 4.78 is 5.89. The van der Waals surface area contributed by atoms with Gasteiger partial charge < -0.3 is 15.4 Å². The van der Waals surface area contributed by atoms with E-state index in [1.807, 2.05) is 73.0 Å². The minimum atomic E-state index is -0.247. The number of benzene rings is 3. The second-order valence-electron chi connectivity index (χ2n) is 7.43. The number of anilines is 2. The van der Waals surface area contributed by atoms with Crippen LogP contribution in [0.2, 0.25) is 0 Å². The van der Waals surface area contributed by atoms with Crippen molar-refractivity contribution in [3.05, 3.63) is 106 Å². The molecular formula is C26H23N3O3S. The third kappa shape index (κ3) is 6.27. The molecule has 0 spiro atoms. The number of nitrogens with one attached hydrogen (secondary N) is 2. The van der Waals surface area contributed by atoms with E-state index in [9.17, 15) is 9.59 Å². The lowest BCUT2D eigenvalue weighted by Crippen LogP contribution is -2.14. The van der Waals surface area contributed by atoms with Crippen LogP contribution in [0.3, 0.4) is 0 Å². The number of para-hydroxylation sites is 2. The third-order valence-corrected chi connectivity index (χ3v) is 5.68. The van der Waals surface area contributed by atoms with Gasteiger partial charge in [0.25, 0.3) is 5.91 Å². The molecule has 7 heteroatoms. The van der Waals surface area contributed by atoms with Crippen molar-refractivity contribution >= 4 is 34.5 Å². The molecule has 3 aromatic carbocycles. The minimum Gasteiger partial charge on any atom is -0.486 e. The highest BCUT2D eigenvalue weighted by Gasteiger charge is 2.14. The second-order valence-corrected chi connectivity index (χ2v) is 8.37. The fraction of sp³-hybridized carbons (Fsp3) is 0.115. The molecule has 2 amide bonds. The molecule has 0 saturated heterocycles. The number of carbonyl (C=O) groups excluding carboxylic acids is 2. The molecule has 0 fully saturated rings. The fourth-order valence-electron chi connectivity index (χ4n) is 3.13. The van der Waals surface area contributed by atoms with Crippen LogP contribution < -0.4 is 15.4 Å². The van der Waals surface area contributed by atoms with Crippen molar-refractivity contribution in [2.24, 2.45) is 0 Å². The average Bonchev–Trinajstić information content (AvgIpc) is 3.27. The van der Waals surface area contributed by atoms with E-state index in [1.54, 1.807) is 18.2 Å². The van der Waals surface area contributed by atoms with Gasteiger partial charge in [-0.2, -0.15) is 0 Å². The number of hydrogen-bond donors (Lipinski definition) is 2. The first kappa shape index (κ1) is 22.2. The molecule has 2 N–H and O–H groups in total. The van der Waals surface area contributed by atoms with Gasteiger partial charge >= 0.3 is 0 Å². The molecule has 0 saturated carbocycles. The lowest BCUT2D eigenvalue weighted by Gasteiger charge is -2.11. The maximum atomic E-state index is 12.7. The second kappa shape index (κ2) is 10.6. The van der Waals surface area contributed by atoms with E-state index in [1.165, 1.54) is 11.3 Å². The molecule has 0 aliphatic carbocycles. The Bertz CT molecular complexity index is 1240. The Morgan fingerprint density at radius 1 is 0.879 bits per heavy atom. The molecule has 4 rings (SSSR count). The molecule has 0 aliphatic heterocycles. The van der Waals surface area contributed by atoms with E-state index in [4.69, 9.17) is 4.74 Å². The summed E-state index contributed by atoms with van der Waals surface area (Å²) in [4.78, 5) is 29.5. The van der Waals surface area contributed by atoms with Gasteiger partial charge in [-0.3, -0.25) is 9.59 Å². The number of amides is 2. The number of rotatable bonds is 8. The minimum absolute atomic E-state index is 0.122. The zero-order valence-corrected chi connectivity index (χ0v) is 18.9. The van der Waals surface area contributed by atoms with Gasteiger partial charge in [0.2, 0.25) is 5.91 Å². The predicted molar refractivity (Wildman–Crippen MR) is 131 cm³/mol. The molecule has 6 nitrogen and oxygen atoms in total. The van der Waals surface area contributed by atoms with E-state index in [2.05, 4.69) is 15.6 Å². The van der Waals surface area contributed by atoms with Crippen molar-refractivity contribution in [2.75, 3.05) is 10.6 Å². The van der Waals surface area contributed by atoms with E-state index >= 15 is 0 Å². The summed E-state index contributed by atoms with van der Waals surface area (Å²) in [7, 11) is 0. The van der Waals surface area contributed by atoms with Crippen molar-refractivity contribution in [3.8, 4) is 5.75 Å². The number of ether oxygens (including phenoxy) is 1. The van der Waals surface area contributed by atoms with Crippen LogP contribution >= 0.6 is 11.3 Å². The number of nitrogens with zero attached hydrogens (tertiary/aromatic N) is 1. The Hall–Kier alpha value is -3.97. The van der Waals surface area contributed by atoms with Gasteiger partial charge in [-0.15, -0.1) is 11.3 Å². The molecule has 0 radical (unpaired) electrons. The van der Waals surface area contributed by atoms with Gasteiger partial charge in [0.05, 0.1) is 17.7 Å². The van der Waals surface area contributed by atoms with Crippen molar-refractivity contribution < 1.29 is 14.3 Å². The van der Waals surface area contributed by atoms with Crippen LogP contribution in [0.25, 0.3) is 0 Å². The highest BCUT2D eigenvalue weighted by atomic mass is 32.1. The summed E-state index contributed by atoms with van der Waals surface area (Å²) in [6.07, 6.45) is 0.189. The zero-order valence-electron chi connectivity index (χ0n) is 18.1. The van der Waals surface area contributed by atoms with Crippen LogP contribution in [-0.2, 0) is 17.8 Å². The summed E-state index contributed by atoms with van der Waals surface area (Å²) in [5.74, 6) is 0.102. The molecule has 0 atom stereocenters. The molecule has 4 aromatic rings. The van der Waals surface area contributed by atoms with Crippen LogP contribution in [0.5, 0.6) is 5.75 Å². The molecule has 1 aromatic heterocycles. The Morgan fingerprint density at radius 3 is 2.36 bits per heavy atom. The Balaban J connectivity index is 1.34. The SMILES string of the molecule is Cc1ccc(NC(=O)Cc2nc(COc3ccccc3C(=O)Nc3ccccc3)cs2)cc1. The van der Waals surface area contributed by atoms with Crippen molar-refractivity contribution in [3.63, 3.8) is 0 Å². The van der Waals surface area contributed by atoms with Crippen LogP contribution in [-0.4, -0.2) is 16.8 Å². The van der Waals surface area contributed by atoms with Gasteiger partial charge in [-0.05, 0) is 43.3 Å². The van der Waals surface area contributed by atoms with Crippen LogP contribution in [0, 0.1) is 6.92 Å². The van der Waals surface area contributed by atoms with E-state index in [0.29, 0.717) is 27.7 Å². The van der Waals surface area contributed by atoms with Crippen molar-refractivity contribution in [1.82, 2.24) is 4.98 Å². The molecule has 166 valence electrons. The zero-order chi connectivity index (χ0) is 23.0. The van der Waals surface area contributed by atoms with Gasteiger partial charge in [0.15, 0.2) is 0 Å². The van der Waals surface area contributed by atoms with E-state index < -0.39 is 0 Å². The lowest BCUT2D eigenvalue weighted by atomic mass is 10.2. The number of carbonyl (C=O) groups is 2.